The molecule has 1 aromatic heterocycles. The van der Waals surface area contributed by atoms with E-state index in [1.807, 2.05) is 0 Å². The molecule has 0 aliphatic carbocycles. The van der Waals surface area contributed by atoms with Crippen molar-refractivity contribution in [3.63, 3.8) is 0 Å². The number of methoxy groups -OCH3 is 1. The normalized spacial score (nSPS) is 10.2. The van der Waals surface area contributed by atoms with Crippen molar-refractivity contribution in [2.24, 2.45) is 0 Å². The van der Waals surface area contributed by atoms with Crippen molar-refractivity contribution in [2.75, 3.05) is 31.0 Å². The van der Waals surface area contributed by atoms with E-state index in [2.05, 4.69) is 10.6 Å². The number of nitrogens with zero attached hydrogens (tertiary/aromatic N) is 1. The fourth-order valence-corrected chi connectivity index (χ4v) is 3.98. The Morgan fingerprint density at radius 1 is 1.16 bits per heavy atom. The van der Waals surface area contributed by atoms with Gasteiger partial charge in [0.1, 0.15) is 15.6 Å². The summed E-state index contributed by atoms with van der Waals surface area (Å²) in [5.74, 6) is -0.859. The Morgan fingerprint density at radius 3 is 2.39 bits per heavy atom. The number of nitro groups is 1. The molecular weight excluding hydrogens is 446 g/mol. The Hall–Kier alpha value is -3.25. The van der Waals surface area contributed by atoms with Crippen LogP contribution in [0.2, 0.25) is 0 Å². The average Bonchev–Trinajstić information content (AvgIpc) is 3.04. The topological polar surface area (TPSA) is 129 Å². The summed E-state index contributed by atoms with van der Waals surface area (Å²) in [7, 11) is 1.41. The van der Waals surface area contributed by atoms with Crippen molar-refractivity contribution in [2.45, 2.75) is 20.8 Å². The number of thiocarbonyl (C=S) groups is 1. The molecule has 1 aromatic carbocycles. The van der Waals surface area contributed by atoms with Gasteiger partial charge in [-0.05, 0) is 44.6 Å². The van der Waals surface area contributed by atoms with Crippen LogP contribution >= 0.6 is 23.6 Å². The van der Waals surface area contributed by atoms with Crippen LogP contribution in [0.4, 0.5) is 16.4 Å². The highest BCUT2D eigenvalue weighted by Gasteiger charge is 2.27. The molecule has 1 heterocycles. The van der Waals surface area contributed by atoms with Crippen molar-refractivity contribution >= 4 is 57.0 Å². The van der Waals surface area contributed by atoms with E-state index in [1.165, 1.54) is 25.3 Å². The summed E-state index contributed by atoms with van der Waals surface area (Å²) in [5.41, 5.74) is 0.658. The number of non-ortho nitro benzene ring substituents is 1. The fourth-order valence-electron chi connectivity index (χ4n) is 2.61. The molecule has 0 bridgehead atoms. The van der Waals surface area contributed by atoms with Crippen molar-refractivity contribution in [3.8, 4) is 5.75 Å². The Bertz CT molecular complexity index is 1020. The number of hydrogen-bond donors (Lipinski definition) is 2. The van der Waals surface area contributed by atoms with E-state index in [0.717, 1.165) is 11.3 Å². The lowest BCUT2D eigenvalue weighted by atomic mass is 10.1. The van der Waals surface area contributed by atoms with Gasteiger partial charge in [-0.1, -0.05) is 0 Å². The standard InChI is InChI=1S/C19H21N3O7S2/c1-5-28-17(23)14-10(3)15(18(24)29-6-2)31-16(14)21-19(30)20-12-9-11(22(25)26)7-8-13(12)27-4/h7-9H,5-6H2,1-4H3,(H2,20,21,30). The van der Waals surface area contributed by atoms with Crippen LogP contribution in [0.1, 0.15) is 39.4 Å². The van der Waals surface area contributed by atoms with Gasteiger partial charge in [0, 0.05) is 12.1 Å². The summed E-state index contributed by atoms with van der Waals surface area (Å²) in [6.07, 6.45) is 0. The molecule has 0 unspecified atom stereocenters. The first-order chi connectivity index (χ1) is 14.7. The Morgan fingerprint density at radius 2 is 1.81 bits per heavy atom. The van der Waals surface area contributed by atoms with Gasteiger partial charge < -0.3 is 24.8 Å². The van der Waals surface area contributed by atoms with Crippen molar-refractivity contribution in [1.82, 2.24) is 0 Å². The number of carbonyl (C=O) groups excluding carboxylic acids is 2. The molecule has 2 N–H and O–H groups in total. The molecule has 31 heavy (non-hydrogen) atoms. The molecular formula is C19H21N3O7S2. The van der Waals surface area contributed by atoms with Crippen LogP contribution in [0.5, 0.6) is 5.75 Å². The summed E-state index contributed by atoms with van der Waals surface area (Å²) >= 11 is 6.30. The zero-order chi connectivity index (χ0) is 23.1. The van der Waals surface area contributed by atoms with Crippen LogP contribution in [0.15, 0.2) is 18.2 Å². The second kappa shape index (κ2) is 10.7. The van der Waals surface area contributed by atoms with Gasteiger partial charge in [0.2, 0.25) is 0 Å². The molecule has 0 fully saturated rings. The van der Waals surface area contributed by atoms with Gasteiger partial charge in [-0.25, -0.2) is 9.59 Å². The first kappa shape index (κ1) is 24.0. The maximum atomic E-state index is 12.5. The predicted octanol–water partition coefficient (Wildman–Crippen LogP) is 4.14. The van der Waals surface area contributed by atoms with Crippen LogP contribution < -0.4 is 15.4 Å². The van der Waals surface area contributed by atoms with Crippen LogP contribution in [0, 0.1) is 17.0 Å². The van der Waals surface area contributed by atoms with E-state index in [4.69, 9.17) is 26.4 Å². The van der Waals surface area contributed by atoms with Gasteiger partial charge in [-0.15, -0.1) is 11.3 Å². The minimum atomic E-state index is -0.620. The van der Waals surface area contributed by atoms with Crippen LogP contribution in [-0.2, 0) is 9.47 Å². The second-order valence-electron chi connectivity index (χ2n) is 5.92. The summed E-state index contributed by atoms with van der Waals surface area (Å²) < 4.78 is 15.3. The molecule has 0 atom stereocenters. The fraction of sp³-hybridized carbons (Fsp3) is 0.316. The van der Waals surface area contributed by atoms with Gasteiger partial charge in [0.05, 0.1) is 36.5 Å². The maximum Gasteiger partial charge on any atom is 0.348 e. The van der Waals surface area contributed by atoms with E-state index in [0.29, 0.717) is 11.3 Å². The zero-order valence-electron chi connectivity index (χ0n) is 17.3. The van der Waals surface area contributed by atoms with Crippen LogP contribution in [-0.4, -0.2) is 42.3 Å². The third-order valence-electron chi connectivity index (χ3n) is 3.96. The lowest BCUT2D eigenvalue weighted by molar-refractivity contribution is -0.384. The number of nitrogens with one attached hydrogen (secondary N) is 2. The van der Waals surface area contributed by atoms with E-state index in [9.17, 15) is 19.7 Å². The summed E-state index contributed by atoms with van der Waals surface area (Å²) in [5, 5.41) is 17.0. The number of ether oxygens (including phenoxy) is 3. The van der Waals surface area contributed by atoms with Crippen LogP contribution in [0.3, 0.4) is 0 Å². The SMILES string of the molecule is CCOC(=O)c1sc(NC(=S)Nc2cc([N+](=O)[O-])ccc2OC)c(C(=O)OCC)c1C. The number of carbonyl (C=O) groups is 2. The zero-order valence-corrected chi connectivity index (χ0v) is 18.9. The number of benzene rings is 1. The Labute approximate surface area is 187 Å². The first-order valence-electron chi connectivity index (χ1n) is 9.11. The molecule has 2 aromatic rings. The van der Waals surface area contributed by atoms with Gasteiger partial charge in [-0.2, -0.15) is 0 Å². The van der Waals surface area contributed by atoms with Gasteiger partial charge in [0.15, 0.2) is 5.11 Å². The monoisotopic (exact) mass is 467 g/mol. The number of anilines is 2. The van der Waals surface area contributed by atoms with E-state index in [1.54, 1.807) is 20.8 Å². The third kappa shape index (κ3) is 5.67. The minimum Gasteiger partial charge on any atom is -0.495 e. The van der Waals surface area contributed by atoms with Crippen molar-refractivity contribution in [1.29, 1.82) is 0 Å². The summed E-state index contributed by atoms with van der Waals surface area (Å²) in [6, 6.07) is 4.00. The van der Waals surface area contributed by atoms with E-state index in [-0.39, 0.29) is 45.1 Å². The number of esters is 2. The average molecular weight is 468 g/mol. The molecule has 12 heteroatoms. The Kier molecular flexibility index (Phi) is 8.28. The minimum absolute atomic E-state index is 0.0287. The molecule has 0 amide bonds. The lowest BCUT2D eigenvalue weighted by Gasteiger charge is -2.13. The predicted molar refractivity (Wildman–Crippen MR) is 120 cm³/mol. The highest BCUT2D eigenvalue weighted by atomic mass is 32.1. The highest BCUT2D eigenvalue weighted by Crippen LogP contribution is 2.35. The summed E-state index contributed by atoms with van der Waals surface area (Å²) in [6.45, 7) is 5.29. The highest BCUT2D eigenvalue weighted by molar-refractivity contribution is 7.80. The van der Waals surface area contributed by atoms with Gasteiger partial charge >= 0.3 is 11.9 Å². The number of nitro benzene ring substituents is 1. The van der Waals surface area contributed by atoms with Gasteiger partial charge in [-0.3, -0.25) is 10.1 Å². The smallest absolute Gasteiger partial charge is 0.348 e. The third-order valence-corrected chi connectivity index (χ3v) is 5.35. The molecule has 0 aliphatic heterocycles. The molecule has 0 saturated carbocycles. The van der Waals surface area contributed by atoms with Crippen molar-refractivity contribution in [3.05, 3.63) is 44.3 Å². The molecule has 2 rings (SSSR count). The lowest BCUT2D eigenvalue weighted by Crippen LogP contribution is -2.20. The second-order valence-corrected chi connectivity index (χ2v) is 7.35. The number of rotatable bonds is 8. The molecule has 0 spiro atoms. The number of hydrogen-bond acceptors (Lipinski definition) is 9. The quantitative estimate of drug-likeness (QED) is 0.253. The van der Waals surface area contributed by atoms with Gasteiger partial charge in [0.25, 0.3) is 5.69 Å². The van der Waals surface area contributed by atoms with E-state index < -0.39 is 16.9 Å². The summed E-state index contributed by atoms with van der Waals surface area (Å²) in [4.78, 5) is 35.5. The molecule has 166 valence electrons. The molecule has 0 radical (unpaired) electrons. The molecule has 10 nitrogen and oxygen atoms in total. The molecule has 0 saturated heterocycles. The number of thiophene rings is 1. The first-order valence-corrected chi connectivity index (χ1v) is 10.3. The molecule has 0 aliphatic rings. The van der Waals surface area contributed by atoms with E-state index >= 15 is 0 Å². The van der Waals surface area contributed by atoms with Crippen molar-refractivity contribution < 1.29 is 28.7 Å². The Balaban J connectivity index is 2.37. The maximum absolute atomic E-state index is 12.5. The van der Waals surface area contributed by atoms with Crippen LogP contribution in [0.25, 0.3) is 0 Å². The largest absolute Gasteiger partial charge is 0.495 e.